The second-order valence-corrected chi connectivity index (χ2v) is 1.95. The maximum Gasteiger partial charge on any atom is 0.220 e. The van der Waals surface area contributed by atoms with Gasteiger partial charge in [0.25, 0.3) is 0 Å². The van der Waals surface area contributed by atoms with Crippen molar-refractivity contribution in [3.63, 3.8) is 0 Å². The number of nitrogen functional groups attached to an aromatic ring is 1. The highest BCUT2D eigenvalue weighted by molar-refractivity contribution is 5.21. The summed E-state index contributed by atoms with van der Waals surface area (Å²) in [4.78, 5) is 7.74. The van der Waals surface area contributed by atoms with Crippen molar-refractivity contribution < 1.29 is 0 Å². The third kappa shape index (κ3) is 1.69. The zero-order chi connectivity index (χ0) is 7.40. The van der Waals surface area contributed by atoms with Gasteiger partial charge in [-0.05, 0) is 12.5 Å². The van der Waals surface area contributed by atoms with Crippen LogP contribution in [0, 0.1) is 6.42 Å². The van der Waals surface area contributed by atoms with E-state index in [1.807, 2.05) is 12.5 Å². The molecule has 2 N–H and O–H groups in total. The van der Waals surface area contributed by atoms with E-state index >= 15 is 0 Å². The molecule has 1 radical (unpaired) electrons. The average Bonchev–Trinajstić information content (AvgIpc) is 1.88. The highest BCUT2D eigenvalue weighted by atomic mass is 15.0. The number of nitrogens with two attached hydrogens (primary N) is 1. The fraction of sp³-hybridized carbons (Fsp3) is 0.286. The third-order valence-corrected chi connectivity index (χ3v) is 1.11. The molecule has 0 fully saturated rings. The maximum atomic E-state index is 5.35. The number of hydrogen-bond acceptors (Lipinski definition) is 3. The van der Waals surface area contributed by atoms with Gasteiger partial charge in [-0.3, -0.25) is 0 Å². The van der Waals surface area contributed by atoms with E-state index in [1.165, 1.54) is 0 Å². The summed E-state index contributed by atoms with van der Waals surface area (Å²) in [5.74, 6) is 0.335. The molecule has 0 amide bonds. The zero-order valence-corrected chi connectivity index (χ0v) is 5.91. The number of hydrogen-bond donors (Lipinski definition) is 1. The van der Waals surface area contributed by atoms with Crippen molar-refractivity contribution in [3.8, 4) is 0 Å². The summed E-state index contributed by atoms with van der Waals surface area (Å²) in [5.41, 5.74) is 6.24. The molecular formula is C7H10N3. The Hall–Kier alpha value is -1.12. The molecular weight excluding hydrogens is 126 g/mol. The summed E-state index contributed by atoms with van der Waals surface area (Å²) in [5, 5.41) is 0. The van der Waals surface area contributed by atoms with Crippen molar-refractivity contribution in [2.45, 2.75) is 13.3 Å². The first-order valence-electron chi connectivity index (χ1n) is 3.24. The van der Waals surface area contributed by atoms with Crippen LogP contribution >= 0.6 is 0 Å². The third-order valence-electron chi connectivity index (χ3n) is 1.11. The van der Waals surface area contributed by atoms with Gasteiger partial charge in [0.2, 0.25) is 5.95 Å². The minimum atomic E-state index is 0.335. The van der Waals surface area contributed by atoms with Gasteiger partial charge in [-0.2, -0.15) is 0 Å². The molecule has 10 heavy (non-hydrogen) atoms. The Morgan fingerprint density at radius 2 is 2.50 bits per heavy atom. The van der Waals surface area contributed by atoms with E-state index in [0.29, 0.717) is 5.95 Å². The van der Waals surface area contributed by atoms with Crippen LogP contribution in [-0.2, 0) is 0 Å². The van der Waals surface area contributed by atoms with Crippen LogP contribution < -0.4 is 5.73 Å². The predicted octanol–water partition coefficient (Wildman–Crippen LogP) is 1.02. The largest absolute Gasteiger partial charge is 0.368 e. The van der Waals surface area contributed by atoms with Crippen LogP contribution in [0.2, 0.25) is 0 Å². The van der Waals surface area contributed by atoms with Crippen LogP contribution in [0.25, 0.3) is 0 Å². The molecule has 0 saturated carbocycles. The molecule has 0 bridgehead atoms. The smallest absolute Gasteiger partial charge is 0.220 e. The lowest BCUT2D eigenvalue weighted by atomic mass is 10.2. The van der Waals surface area contributed by atoms with E-state index in [-0.39, 0.29) is 0 Å². The molecule has 1 heterocycles. The topological polar surface area (TPSA) is 51.8 Å². The Morgan fingerprint density at radius 1 is 1.70 bits per heavy atom. The lowest BCUT2D eigenvalue weighted by molar-refractivity contribution is 1.04. The monoisotopic (exact) mass is 136 g/mol. The predicted molar refractivity (Wildman–Crippen MR) is 40.1 cm³/mol. The highest BCUT2D eigenvalue weighted by Gasteiger charge is 1.92. The second kappa shape index (κ2) is 3.15. The molecule has 0 atom stereocenters. The van der Waals surface area contributed by atoms with Gasteiger partial charge in [0.05, 0.1) is 0 Å². The standard InChI is InChI=1S/C7H10N3/c1-2-3-6-4-5-9-7(8)10-6/h3-5H,2H2,1H3,(H2,8,9,10). The van der Waals surface area contributed by atoms with E-state index < -0.39 is 0 Å². The Balaban J connectivity index is 2.75. The van der Waals surface area contributed by atoms with Gasteiger partial charge in [0.15, 0.2) is 0 Å². The normalized spacial score (nSPS) is 9.70. The molecule has 0 unspecified atom stereocenters. The quantitative estimate of drug-likeness (QED) is 0.660. The van der Waals surface area contributed by atoms with Crippen molar-refractivity contribution in [3.05, 3.63) is 24.4 Å². The summed E-state index contributed by atoms with van der Waals surface area (Å²) in [6.07, 6.45) is 4.62. The molecule has 0 saturated heterocycles. The summed E-state index contributed by atoms with van der Waals surface area (Å²) in [6.45, 7) is 2.05. The van der Waals surface area contributed by atoms with E-state index in [2.05, 4.69) is 16.9 Å². The van der Waals surface area contributed by atoms with E-state index in [1.54, 1.807) is 6.20 Å². The van der Waals surface area contributed by atoms with Crippen molar-refractivity contribution in [1.82, 2.24) is 9.97 Å². The molecule has 0 aliphatic heterocycles. The summed E-state index contributed by atoms with van der Waals surface area (Å²) in [6, 6.07) is 1.83. The van der Waals surface area contributed by atoms with Crippen LogP contribution in [0.4, 0.5) is 5.95 Å². The Morgan fingerprint density at radius 3 is 3.10 bits per heavy atom. The van der Waals surface area contributed by atoms with Crippen LogP contribution in [0.3, 0.4) is 0 Å². The molecule has 0 aliphatic rings. The molecule has 1 rings (SSSR count). The zero-order valence-electron chi connectivity index (χ0n) is 5.91. The number of aromatic nitrogens is 2. The van der Waals surface area contributed by atoms with Crippen LogP contribution in [0.1, 0.15) is 19.0 Å². The van der Waals surface area contributed by atoms with Gasteiger partial charge in [-0.15, -0.1) is 0 Å². The van der Waals surface area contributed by atoms with E-state index in [0.717, 1.165) is 12.1 Å². The fourth-order valence-corrected chi connectivity index (χ4v) is 0.711. The van der Waals surface area contributed by atoms with Gasteiger partial charge in [-0.25, -0.2) is 9.97 Å². The van der Waals surface area contributed by atoms with Gasteiger partial charge in [0.1, 0.15) is 0 Å². The van der Waals surface area contributed by atoms with Crippen molar-refractivity contribution in [2.24, 2.45) is 0 Å². The Labute approximate surface area is 60.3 Å². The highest BCUT2D eigenvalue weighted by Crippen LogP contribution is 2.01. The summed E-state index contributed by atoms with van der Waals surface area (Å²) in [7, 11) is 0. The van der Waals surface area contributed by atoms with Gasteiger partial charge in [0, 0.05) is 18.3 Å². The Bertz CT molecular complexity index is 210. The van der Waals surface area contributed by atoms with Crippen molar-refractivity contribution in [2.75, 3.05) is 5.73 Å². The molecule has 1 aromatic rings. The first-order chi connectivity index (χ1) is 4.83. The van der Waals surface area contributed by atoms with Gasteiger partial charge >= 0.3 is 0 Å². The van der Waals surface area contributed by atoms with Crippen LogP contribution in [0.5, 0.6) is 0 Å². The molecule has 0 spiro atoms. The minimum absolute atomic E-state index is 0.335. The first kappa shape index (κ1) is 6.99. The number of anilines is 1. The Kier molecular flexibility index (Phi) is 2.20. The van der Waals surface area contributed by atoms with Crippen molar-refractivity contribution >= 4 is 5.95 Å². The van der Waals surface area contributed by atoms with Crippen LogP contribution in [-0.4, -0.2) is 9.97 Å². The molecule has 53 valence electrons. The summed E-state index contributed by atoms with van der Waals surface area (Å²) < 4.78 is 0. The second-order valence-electron chi connectivity index (χ2n) is 1.95. The van der Waals surface area contributed by atoms with Gasteiger partial charge in [-0.1, -0.05) is 6.92 Å². The average molecular weight is 136 g/mol. The molecule has 3 heteroatoms. The van der Waals surface area contributed by atoms with Crippen LogP contribution in [0.15, 0.2) is 12.3 Å². The number of nitrogens with zero attached hydrogens (tertiary/aromatic N) is 2. The van der Waals surface area contributed by atoms with Crippen molar-refractivity contribution in [1.29, 1.82) is 0 Å². The van der Waals surface area contributed by atoms with E-state index in [9.17, 15) is 0 Å². The van der Waals surface area contributed by atoms with E-state index in [4.69, 9.17) is 5.73 Å². The molecule has 0 aliphatic carbocycles. The van der Waals surface area contributed by atoms with Gasteiger partial charge < -0.3 is 5.73 Å². The lowest BCUT2D eigenvalue weighted by Crippen LogP contribution is -1.96. The maximum absolute atomic E-state index is 5.35. The molecule has 1 aromatic heterocycles. The molecule has 3 nitrogen and oxygen atoms in total. The fourth-order valence-electron chi connectivity index (χ4n) is 0.711. The minimum Gasteiger partial charge on any atom is -0.368 e. The molecule has 0 aromatic carbocycles. The SMILES string of the molecule is CC[CH]c1ccnc(N)n1. The lowest BCUT2D eigenvalue weighted by Gasteiger charge is -1.95. The number of rotatable bonds is 2. The first-order valence-corrected chi connectivity index (χ1v) is 3.24. The summed E-state index contributed by atoms with van der Waals surface area (Å²) >= 11 is 0.